The standard InChI is InChI=1S/C60H38N4/c1-4-17-39(18-5-1)44-35-45(40-19-6-2-7-20-40)38-47(37-44)64-53-32-31-41-21-10-11-26-48(41)56(53)58-55(64)34-33-54-57(58)50-28-13-15-30-52(50)63(54)46-25-16-24-43(36-46)60-61-51-29-14-12-27-49(51)59(62-60)42-22-8-3-9-23-42/h1-38H. The number of rotatable bonds is 6. The molecule has 13 aromatic rings. The molecule has 0 fully saturated rings. The van der Waals surface area contributed by atoms with Crippen LogP contribution in [0.5, 0.6) is 0 Å². The molecule has 0 unspecified atom stereocenters. The predicted octanol–water partition coefficient (Wildman–Crippen LogP) is 15.6. The van der Waals surface area contributed by atoms with Crippen LogP contribution in [0.25, 0.3) is 122 Å². The quantitative estimate of drug-likeness (QED) is 0.168. The molecule has 10 aromatic carbocycles. The summed E-state index contributed by atoms with van der Waals surface area (Å²) >= 11 is 0. The second-order valence-electron chi connectivity index (χ2n) is 16.6. The number of nitrogens with zero attached hydrogens (tertiary/aromatic N) is 4. The van der Waals surface area contributed by atoms with Gasteiger partial charge in [0.1, 0.15) is 0 Å². The van der Waals surface area contributed by atoms with E-state index >= 15 is 0 Å². The first-order valence-electron chi connectivity index (χ1n) is 21.8. The van der Waals surface area contributed by atoms with Crippen molar-refractivity contribution in [2.75, 3.05) is 0 Å². The van der Waals surface area contributed by atoms with Gasteiger partial charge < -0.3 is 9.13 Å². The van der Waals surface area contributed by atoms with E-state index < -0.39 is 0 Å². The van der Waals surface area contributed by atoms with Crippen molar-refractivity contribution >= 4 is 65.3 Å². The molecule has 0 aliphatic heterocycles. The third kappa shape index (κ3) is 5.70. The van der Waals surface area contributed by atoms with Crippen LogP contribution in [0.15, 0.2) is 231 Å². The van der Waals surface area contributed by atoms with Crippen LogP contribution in [0, 0.1) is 0 Å². The van der Waals surface area contributed by atoms with Crippen LogP contribution in [0.2, 0.25) is 0 Å². The molecule has 0 radical (unpaired) electrons. The van der Waals surface area contributed by atoms with Gasteiger partial charge in [-0.15, -0.1) is 0 Å². The van der Waals surface area contributed by atoms with Gasteiger partial charge in [0.05, 0.1) is 33.3 Å². The molecule has 0 aliphatic rings. The molecule has 4 heteroatoms. The summed E-state index contributed by atoms with van der Waals surface area (Å²) in [5.74, 6) is 0.699. The topological polar surface area (TPSA) is 35.6 Å². The summed E-state index contributed by atoms with van der Waals surface area (Å²) < 4.78 is 4.91. The summed E-state index contributed by atoms with van der Waals surface area (Å²) in [6.07, 6.45) is 0. The van der Waals surface area contributed by atoms with Gasteiger partial charge in [-0.3, -0.25) is 0 Å². The molecule has 0 bridgehead atoms. The summed E-state index contributed by atoms with van der Waals surface area (Å²) in [4.78, 5) is 10.4. The van der Waals surface area contributed by atoms with E-state index in [4.69, 9.17) is 9.97 Å². The lowest BCUT2D eigenvalue weighted by atomic mass is 9.98. The molecule has 0 saturated heterocycles. The zero-order valence-electron chi connectivity index (χ0n) is 34.7. The molecule has 0 aliphatic carbocycles. The van der Waals surface area contributed by atoms with Gasteiger partial charge in [-0.05, 0) is 93.7 Å². The lowest BCUT2D eigenvalue weighted by molar-refractivity contribution is 1.17. The molecular formula is C60H38N4. The van der Waals surface area contributed by atoms with Crippen molar-refractivity contribution in [2.24, 2.45) is 0 Å². The number of fused-ring (bicyclic) bond motifs is 10. The van der Waals surface area contributed by atoms with Crippen LogP contribution in [0.1, 0.15) is 0 Å². The molecular weight excluding hydrogens is 777 g/mol. The molecule has 0 amide bonds. The van der Waals surface area contributed by atoms with Crippen molar-refractivity contribution in [2.45, 2.75) is 0 Å². The van der Waals surface area contributed by atoms with Crippen molar-refractivity contribution in [3.05, 3.63) is 231 Å². The van der Waals surface area contributed by atoms with Crippen molar-refractivity contribution in [3.63, 3.8) is 0 Å². The lowest BCUT2D eigenvalue weighted by Crippen LogP contribution is -1.98. The zero-order chi connectivity index (χ0) is 42.1. The van der Waals surface area contributed by atoms with Crippen LogP contribution in [0.3, 0.4) is 0 Å². The number of para-hydroxylation sites is 2. The Labute approximate surface area is 369 Å². The fraction of sp³-hybridized carbons (Fsp3) is 0. The second kappa shape index (κ2) is 14.5. The normalized spacial score (nSPS) is 11.8. The van der Waals surface area contributed by atoms with Crippen LogP contribution in [0.4, 0.5) is 0 Å². The van der Waals surface area contributed by atoms with Crippen LogP contribution < -0.4 is 0 Å². The minimum Gasteiger partial charge on any atom is -0.309 e. The van der Waals surface area contributed by atoms with Crippen molar-refractivity contribution in [3.8, 4) is 56.3 Å². The SMILES string of the molecule is c1ccc(-c2cc(-c3ccccc3)cc(-n3c4ccc5ccccc5c4c4c5c6ccccc6n(-c6cccc(-c7nc(-c8ccccc8)c8ccccc8n7)c6)c5ccc43)c2)cc1. The average Bonchev–Trinajstić information content (AvgIpc) is 3.90. The van der Waals surface area contributed by atoms with E-state index in [1.54, 1.807) is 0 Å². The molecule has 13 rings (SSSR count). The summed E-state index contributed by atoms with van der Waals surface area (Å²) in [6, 6.07) is 82.8. The maximum absolute atomic E-state index is 5.25. The predicted molar refractivity (Wildman–Crippen MR) is 267 cm³/mol. The fourth-order valence-electron chi connectivity index (χ4n) is 10.0. The Bertz CT molecular complexity index is 3880. The van der Waals surface area contributed by atoms with E-state index in [0.717, 1.165) is 55.6 Å². The smallest absolute Gasteiger partial charge is 0.160 e. The monoisotopic (exact) mass is 814 g/mol. The summed E-state index contributed by atoms with van der Waals surface area (Å²) in [5, 5.41) is 8.42. The number of aromatic nitrogens is 4. The third-order valence-corrected chi connectivity index (χ3v) is 12.9. The van der Waals surface area contributed by atoms with Crippen molar-refractivity contribution in [1.29, 1.82) is 0 Å². The molecule has 0 atom stereocenters. The summed E-state index contributed by atoms with van der Waals surface area (Å²) in [6.45, 7) is 0. The summed E-state index contributed by atoms with van der Waals surface area (Å²) in [7, 11) is 0. The first-order valence-corrected chi connectivity index (χ1v) is 21.8. The van der Waals surface area contributed by atoms with Gasteiger partial charge in [0.15, 0.2) is 5.82 Å². The summed E-state index contributed by atoms with van der Waals surface area (Å²) in [5.41, 5.74) is 15.4. The van der Waals surface area contributed by atoms with E-state index in [-0.39, 0.29) is 0 Å². The zero-order valence-corrected chi connectivity index (χ0v) is 34.7. The van der Waals surface area contributed by atoms with Crippen LogP contribution in [-0.4, -0.2) is 19.1 Å². The van der Waals surface area contributed by atoms with Gasteiger partial charge in [0.25, 0.3) is 0 Å². The largest absolute Gasteiger partial charge is 0.309 e. The van der Waals surface area contributed by atoms with E-state index in [2.05, 4.69) is 228 Å². The van der Waals surface area contributed by atoms with E-state index in [1.807, 2.05) is 12.1 Å². The van der Waals surface area contributed by atoms with E-state index in [1.165, 1.54) is 60.1 Å². The fourth-order valence-corrected chi connectivity index (χ4v) is 10.0. The molecule has 0 spiro atoms. The Morgan fingerprint density at radius 1 is 0.281 bits per heavy atom. The minimum absolute atomic E-state index is 0.699. The number of hydrogen-bond donors (Lipinski definition) is 0. The maximum Gasteiger partial charge on any atom is 0.160 e. The first kappa shape index (κ1) is 36.1. The van der Waals surface area contributed by atoms with Crippen LogP contribution >= 0.6 is 0 Å². The molecule has 0 N–H and O–H groups in total. The first-order chi connectivity index (χ1) is 31.7. The highest BCUT2D eigenvalue weighted by atomic mass is 15.0. The van der Waals surface area contributed by atoms with E-state index in [0.29, 0.717) is 5.82 Å². The Kier molecular flexibility index (Phi) is 8.18. The lowest BCUT2D eigenvalue weighted by Gasteiger charge is -2.14. The molecule has 0 saturated carbocycles. The van der Waals surface area contributed by atoms with Crippen LogP contribution in [-0.2, 0) is 0 Å². The molecule has 298 valence electrons. The highest BCUT2D eigenvalue weighted by molar-refractivity contribution is 6.33. The minimum atomic E-state index is 0.699. The number of hydrogen-bond acceptors (Lipinski definition) is 2. The van der Waals surface area contributed by atoms with Gasteiger partial charge in [-0.2, -0.15) is 0 Å². The molecule has 3 aromatic heterocycles. The van der Waals surface area contributed by atoms with Gasteiger partial charge in [-0.25, -0.2) is 9.97 Å². The van der Waals surface area contributed by atoms with E-state index in [9.17, 15) is 0 Å². The average molecular weight is 815 g/mol. The Morgan fingerprint density at radius 2 is 0.797 bits per heavy atom. The Balaban J connectivity index is 1.09. The van der Waals surface area contributed by atoms with Gasteiger partial charge in [-0.1, -0.05) is 170 Å². The molecule has 64 heavy (non-hydrogen) atoms. The van der Waals surface area contributed by atoms with Gasteiger partial charge in [0.2, 0.25) is 0 Å². The number of benzene rings is 10. The maximum atomic E-state index is 5.25. The second-order valence-corrected chi connectivity index (χ2v) is 16.6. The molecule has 3 heterocycles. The molecule has 4 nitrogen and oxygen atoms in total. The highest BCUT2D eigenvalue weighted by Crippen LogP contribution is 2.45. The van der Waals surface area contributed by atoms with Gasteiger partial charge >= 0.3 is 0 Å². The third-order valence-electron chi connectivity index (χ3n) is 12.9. The Morgan fingerprint density at radius 3 is 1.52 bits per heavy atom. The Hall–Kier alpha value is -8.60. The van der Waals surface area contributed by atoms with Crippen molar-refractivity contribution in [1.82, 2.24) is 19.1 Å². The highest BCUT2D eigenvalue weighted by Gasteiger charge is 2.23. The van der Waals surface area contributed by atoms with Crippen molar-refractivity contribution < 1.29 is 0 Å². The van der Waals surface area contributed by atoms with Gasteiger partial charge in [0, 0.05) is 49.4 Å².